The Kier molecular flexibility index (Phi) is 8.85. The van der Waals surface area contributed by atoms with Crippen LogP contribution in [0, 0.1) is 0 Å². The molecule has 0 spiro atoms. The molecule has 3 rings (SSSR count). The summed E-state index contributed by atoms with van der Waals surface area (Å²) in [6, 6.07) is 17.6. The summed E-state index contributed by atoms with van der Waals surface area (Å²) < 4.78 is 1.85. The summed E-state index contributed by atoms with van der Waals surface area (Å²) in [6.07, 6.45) is 3.84. The molecule has 30 heavy (non-hydrogen) atoms. The van der Waals surface area contributed by atoms with Gasteiger partial charge < -0.3 is 15.5 Å². The van der Waals surface area contributed by atoms with Gasteiger partial charge in [0.25, 0.3) is 5.91 Å². The molecule has 8 heteroatoms. The second-order valence-corrected chi connectivity index (χ2v) is 6.80. The average molecular weight is 518 g/mol. The number of hydrogen-bond acceptors (Lipinski definition) is 3. The van der Waals surface area contributed by atoms with Crippen molar-refractivity contribution in [3.05, 3.63) is 83.7 Å². The van der Waals surface area contributed by atoms with E-state index >= 15 is 0 Å². The zero-order valence-electron chi connectivity index (χ0n) is 17.4. The van der Waals surface area contributed by atoms with Crippen LogP contribution in [0.3, 0.4) is 0 Å². The number of guanidine groups is 1. The minimum Gasteiger partial charge on any atom is -0.352 e. The summed E-state index contributed by atoms with van der Waals surface area (Å²) in [4.78, 5) is 17.8. The van der Waals surface area contributed by atoms with Gasteiger partial charge in [0.2, 0.25) is 0 Å². The fourth-order valence-electron chi connectivity index (χ4n) is 2.79. The number of aromatic nitrogens is 2. The number of nitrogens with one attached hydrogen (secondary N) is 2. The first-order valence-electron chi connectivity index (χ1n) is 9.41. The lowest BCUT2D eigenvalue weighted by molar-refractivity contribution is 0.0827. The molecule has 7 nitrogen and oxygen atoms in total. The van der Waals surface area contributed by atoms with E-state index in [1.54, 1.807) is 26.0 Å². The van der Waals surface area contributed by atoms with Gasteiger partial charge in [-0.3, -0.25) is 9.79 Å². The van der Waals surface area contributed by atoms with Gasteiger partial charge in [0, 0.05) is 51.6 Å². The third kappa shape index (κ3) is 6.31. The van der Waals surface area contributed by atoms with E-state index in [9.17, 15) is 4.79 Å². The van der Waals surface area contributed by atoms with Gasteiger partial charge in [0.05, 0.1) is 11.9 Å². The van der Waals surface area contributed by atoms with Gasteiger partial charge in [-0.2, -0.15) is 5.10 Å². The monoisotopic (exact) mass is 518 g/mol. The summed E-state index contributed by atoms with van der Waals surface area (Å²) in [6.45, 7) is 1.22. The van der Waals surface area contributed by atoms with E-state index in [0.29, 0.717) is 24.6 Å². The number of aliphatic imine (C=N–C) groups is 1. The Morgan fingerprint density at radius 3 is 2.23 bits per heavy atom. The minimum atomic E-state index is -0.00182. The molecule has 0 radical (unpaired) electrons. The van der Waals surface area contributed by atoms with Crippen molar-refractivity contribution >= 4 is 35.8 Å². The highest BCUT2D eigenvalue weighted by Crippen LogP contribution is 2.08. The fraction of sp³-hybridized carbons (Fsp3) is 0.227. The number of amides is 1. The number of hydrogen-bond donors (Lipinski definition) is 2. The van der Waals surface area contributed by atoms with Crippen molar-refractivity contribution in [2.75, 3.05) is 21.1 Å². The first-order chi connectivity index (χ1) is 14.1. The Morgan fingerprint density at radius 2 is 1.63 bits per heavy atom. The van der Waals surface area contributed by atoms with E-state index < -0.39 is 0 Å². The first kappa shape index (κ1) is 23.4. The van der Waals surface area contributed by atoms with Crippen LogP contribution in [-0.4, -0.2) is 47.7 Å². The van der Waals surface area contributed by atoms with Crippen LogP contribution in [0.25, 0.3) is 5.69 Å². The average Bonchev–Trinajstić information content (AvgIpc) is 3.23. The molecule has 0 saturated carbocycles. The van der Waals surface area contributed by atoms with Gasteiger partial charge in [0.1, 0.15) is 0 Å². The number of para-hydroxylation sites is 1. The maximum atomic E-state index is 12.0. The number of carbonyl (C=O) groups is 1. The Morgan fingerprint density at radius 1 is 1.00 bits per heavy atom. The van der Waals surface area contributed by atoms with Crippen LogP contribution in [0.1, 0.15) is 21.5 Å². The third-order valence-electron chi connectivity index (χ3n) is 4.41. The highest BCUT2D eigenvalue weighted by Gasteiger charge is 2.07. The molecule has 0 unspecified atom stereocenters. The zero-order chi connectivity index (χ0) is 20.6. The Hall–Kier alpha value is -2.88. The van der Waals surface area contributed by atoms with Crippen LogP contribution < -0.4 is 10.6 Å². The molecule has 0 aliphatic carbocycles. The normalized spacial score (nSPS) is 10.8. The highest BCUT2D eigenvalue weighted by atomic mass is 127. The Balaban J connectivity index is 0.00000320. The smallest absolute Gasteiger partial charge is 0.253 e. The van der Waals surface area contributed by atoms with Crippen molar-refractivity contribution < 1.29 is 4.79 Å². The highest BCUT2D eigenvalue weighted by molar-refractivity contribution is 14.0. The summed E-state index contributed by atoms with van der Waals surface area (Å²) in [5, 5.41) is 11.0. The van der Waals surface area contributed by atoms with Gasteiger partial charge in [-0.1, -0.05) is 30.3 Å². The van der Waals surface area contributed by atoms with Crippen molar-refractivity contribution in [3.8, 4) is 5.69 Å². The van der Waals surface area contributed by atoms with E-state index in [1.807, 2.05) is 71.7 Å². The maximum absolute atomic E-state index is 12.0. The second-order valence-electron chi connectivity index (χ2n) is 6.80. The SMILES string of the molecule is CN=C(NCc1ccc(C(=O)N(C)C)cc1)NCc1cnn(-c2ccccc2)c1.I. The molecule has 0 bridgehead atoms. The van der Waals surface area contributed by atoms with Crippen LogP contribution in [0.15, 0.2) is 72.0 Å². The molecule has 158 valence electrons. The fourth-order valence-corrected chi connectivity index (χ4v) is 2.79. The lowest BCUT2D eigenvalue weighted by Crippen LogP contribution is -2.36. The van der Waals surface area contributed by atoms with Gasteiger partial charge in [0.15, 0.2) is 5.96 Å². The topological polar surface area (TPSA) is 74.6 Å². The largest absolute Gasteiger partial charge is 0.352 e. The molecule has 0 fully saturated rings. The molecule has 3 aromatic rings. The predicted molar refractivity (Wildman–Crippen MR) is 130 cm³/mol. The quantitative estimate of drug-likeness (QED) is 0.299. The van der Waals surface area contributed by atoms with E-state index in [0.717, 1.165) is 16.8 Å². The van der Waals surface area contributed by atoms with Crippen molar-refractivity contribution in [2.45, 2.75) is 13.1 Å². The van der Waals surface area contributed by atoms with E-state index in [4.69, 9.17) is 0 Å². The summed E-state index contributed by atoms with van der Waals surface area (Å²) in [5.74, 6) is 0.698. The molecule has 1 aromatic heterocycles. The van der Waals surface area contributed by atoms with Gasteiger partial charge in [-0.15, -0.1) is 24.0 Å². The molecular formula is C22H27IN6O. The Bertz CT molecular complexity index is 967. The molecular weight excluding hydrogens is 491 g/mol. The molecule has 2 aromatic carbocycles. The summed E-state index contributed by atoms with van der Waals surface area (Å²) in [7, 11) is 5.23. The van der Waals surface area contributed by atoms with Gasteiger partial charge in [-0.25, -0.2) is 4.68 Å². The lowest BCUT2D eigenvalue weighted by Gasteiger charge is -2.12. The maximum Gasteiger partial charge on any atom is 0.253 e. The van der Waals surface area contributed by atoms with Crippen molar-refractivity contribution in [1.29, 1.82) is 0 Å². The van der Waals surface area contributed by atoms with E-state index in [-0.39, 0.29) is 29.9 Å². The molecule has 2 N–H and O–H groups in total. The zero-order valence-corrected chi connectivity index (χ0v) is 19.7. The van der Waals surface area contributed by atoms with Crippen LogP contribution >= 0.6 is 24.0 Å². The van der Waals surface area contributed by atoms with Gasteiger partial charge >= 0.3 is 0 Å². The molecule has 0 atom stereocenters. The molecule has 0 aliphatic rings. The molecule has 0 saturated heterocycles. The standard InChI is InChI=1S/C22H26N6O.HI/c1-23-22(24-13-17-9-11-19(12-10-17)21(29)27(2)3)25-14-18-15-26-28(16-18)20-7-5-4-6-8-20;/h4-12,15-16H,13-14H2,1-3H3,(H2,23,24,25);1H. The number of rotatable bonds is 6. The van der Waals surface area contributed by atoms with Crippen molar-refractivity contribution in [1.82, 2.24) is 25.3 Å². The number of benzene rings is 2. The molecule has 1 heterocycles. The van der Waals surface area contributed by atoms with E-state index in [1.165, 1.54) is 0 Å². The van der Waals surface area contributed by atoms with Gasteiger partial charge in [-0.05, 0) is 29.8 Å². The lowest BCUT2D eigenvalue weighted by atomic mass is 10.1. The number of carbonyl (C=O) groups excluding carboxylic acids is 1. The van der Waals surface area contributed by atoms with Crippen LogP contribution in [0.2, 0.25) is 0 Å². The van der Waals surface area contributed by atoms with Crippen molar-refractivity contribution in [3.63, 3.8) is 0 Å². The van der Waals surface area contributed by atoms with Crippen molar-refractivity contribution in [2.24, 2.45) is 4.99 Å². The van der Waals surface area contributed by atoms with Crippen LogP contribution in [0.4, 0.5) is 0 Å². The second kappa shape index (κ2) is 11.3. The third-order valence-corrected chi connectivity index (χ3v) is 4.41. The summed E-state index contributed by atoms with van der Waals surface area (Å²) >= 11 is 0. The number of nitrogens with zero attached hydrogens (tertiary/aromatic N) is 4. The van der Waals surface area contributed by atoms with Crippen LogP contribution in [0.5, 0.6) is 0 Å². The first-order valence-corrected chi connectivity index (χ1v) is 9.41. The Labute approximate surface area is 194 Å². The predicted octanol–water partition coefficient (Wildman–Crippen LogP) is 3.06. The minimum absolute atomic E-state index is 0. The van der Waals surface area contributed by atoms with Crippen LogP contribution in [-0.2, 0) is 13.1 Å². The van der Waals surface area contributed by atoms with E-state index in [2.05, 4.69) is 20.7 Å². The molecule has 1 amide bonds. The summed E-state index contributed by atoms with van der Waals surface area (Å²) in [5.41, 5.74) is 3.83. The molecule has 0 aliphatic heterocycles. The number of halogens is 1.